The summed E-state index contributed by atoms with van der Waals surface area (Å²) in [5.74, 6) is -0.739. The van der Waals surface area contributed by atoms with Gasteiger partial charge in [0.05, 0.1) is 0 Å². The van der Waals surface area contributed by atoms with Crippen LogP contribution in [0.2, 0.25) is 0 Å². The smallest absolute Gasteiger partial charge is 0.128 e. The van der Waals surface area contributed by atoms with Crippen molar-refractivity contribution in [1.82, 2.24) is 10.2 Å². The van der Waals surface area contributed by atoms with Crippen LogP contribution >= 0.6 is 0 Å². The number of hydrogen-bond donors (Lipinski definition) is 2. The third-order valence-corrected chi connectivity index (χ3v) is 6.09. The second-order valence-electron chi connectivity index (χ2n) is 8.30. The molecule has 0 radical (unpaired) electrons. The van der Waals surface area contributed by atoms with Gasteiger partial charge in [0.25, 0.3) is 0 Å². The molecule has 0 bridgehead atoms. The molecule has 0 aromatic heterocycles. The Morgan fingerprint density at radius 1 is 1.14 bits per heavy atom. The van der Waals surface area contributed by atoms with Crippen LogP contribution in [-0.2, 0) is 0 Å². The number of phenolic OH excluding ortho intramolecular Hbond substituents is 1. The molecule has 2 heterocycles. The summed E-state index contributed by atoms with van der Waals surface area (Å²) >= 11 is 0. The molecule has 0 aliphatic carbocycles. The summed E-state index contributed by atoms with van der Waals surface area (Å²) in [7, 11) is 0. The minimum Gasteiger partial charge on any atom is -0.507 e. The van der Waals surface area contributed by atoms with E-state index in [2.05, 4.69) is 24.1 Å². The first-order chi connectivity index (χ1) is 13.9. The van der Waals surface area contributed by atoms with Crippen molar-refractivity contribution in [2.75, 3.05) is 13.1 Å². The maximum atomic E-state index is 14.6. The lowest BCUT2D eigenvalue weighted by Gasteiger charge is -2.46. The molecule has 154 valence electrons. The van der Waals surface area contributed by atoms with Crippen molar-refractivity contribution in [2.45, 2.75) is 50.9 Å². The summed E-state index contributed by atoms with van der Waals surface area (Å²) in [6, 6.07) is 10.7. The van der Waals surface area contributed by atoms with E-state index >= 15 is 0 Å². The van der Waals surface area contributed by atoms with E-state index in [0.717, 1.165) is 37.7 Å². The molecule has 1 fully saturated rings. The highest BCUT2D eigenvalue weighted by molar-refractivity contribution is 6.03. The fourth-order valence-corrected chi connectivity index (χ4v) is 4.43. The minimum absolute atomic E-state index is 0.154. The van der Waals surface area contributed by atoms with Crippen LogP contribution in [0.4, 0.5) is 8.78 Å². The van der Waals surface area contributed by atoms with Crippen LogP contribution in [0.1, 0.15) is 50.3 Å². The second-order valence-corrected chi connectivity index (χ2v) is 8.30. The molecule has 2 aromatic carbocycles. The number of halogens is 2. The normalized spacial score (nSPS) is 22.1. The zero-order chi connectivity index (χ0) is 20.6. The molecule has 1 spiro atoms. The van der Waals surface area contributed by atoms with Gasteiger partial charge in [-0.3, -0.25) is 10.3 Å². The fourth-order valence-electron chi connectivity index (χ4n) is 4.43. The fraction of sp³-hybridized carbons (Fsp3) is 0.435. The van der Waals surface area contributed by atoms with Gasteiger partial charge in [0.2, 0.25) is 0 Å². The summed E-state index contributed by atoms with van der Waals surface area (Å²) in [5.41, 5.74) is 1.14. The Morgan fingerprint density at radius 2 is 1.86 bits per heavy atom. The Morgan fingerprint density at radius 3 is 2.55 bits per heavy atom. The molecular weight excluding hydrogens is 372 g/mol. The lowest BCUT2D eigenvalue weighted by molar-refractivity contribution is 0.102. The zero-order valence-corrected chi connectivity index (χ0v) is 16.8. The van der Waals surface area contributed by atoms with Gasteiger partial charge in [-0.15, -0.1) is 0 Å². The summed E-state index contributed by atoms with van der Waals surface area (Å²) < 4.78 is 28.5. The molecule has 29 heavy (non-hydrogen) atoms. The molecule has 2 N–H and O–H groups in total. The van der Waals surface area contributed by atoms with Crippen molar-refractivity contribution in [3.63, 3.8) is 0 Å². The first kappa shape index (κ1) is 20.0. The molecule has 1 saturated heterocycles. The molecule has 1 atom stereocenters. The third-order valence-electron chi connectivity index (χ3n) is 6.09. The van der Waals surface area contributed by atoms with Gasteiger partial charge in [0.15, 0.2) is 0 Å². The minimum atomic E-state index is -0.551. The zero-order valence-electron chi connectivity index (χ0n) is 16.8. The van der Waals surface area contributed by atoms with E-state index in [1.54, 1.807) is 12.1 Å². The Bertz CT molecular complexity index is 920. The van der Waals surface area contributed by atoms with Gasteiger partial charge in [-0.25, -0.2) is 8.78 Å². The van der Waals surface area contributed by atoms with Gasteiger partial charge in [-0.1, -0.05) is 12.1 Å². The van der Waals surface area contributed by atoms with E-state index in [9.17, 15) is 13.9 Å². The van der Waals surface area contributed by atoms with E-state index < -0.39 is 23.3 Å². The quantitative estimate of drug-likeness (QED) is 0.805. The number of nitrogens with zero attached hydrogens (tertiary/aromatic N) is 2. The number of aliphatic imine (C=N–C) groups is 1. The van der Waals surface area contributed by atoms with E-state index in [0.29, 0.717) is 23.6 Å². The van der Waals surface area contributed by atoms with Crippen molar-refractivity contribution in [1.29, 1.82) is 0 Å². The van der Waals surface area contributed by atoms with Crippen LogP contribution in [0.3, 0.4) is 0 Å². The van der Waals surface area contributed by atoms with Crippen LogP contribution < -0.4 is 5.32 Å². The number of likely N-dealkylation sites (tertiary alicyclic amines) is 1. The monoisotopic (exact) mass is 399 g/mol. The number of nitrogens with one attached hydrogen (secondary N) is 1. The molecule has 4 rings (SSSR count). The Balaban J connectivity index is 1.73. The van der Waals surface area contributed by atoms with Crippen LogP contribution in [-0.4, -0.2) is 40.5 Å². The lowest BCUT2D eigenvalue weighted by Crippen LogP contribution is -2.57. The molecular formula is C23H27F2N3O. The lowest BCUT2D eigenvalue weighted by atomic mass is 9.87. The second kappa shape index (κ2) is 7.84. The average molecular weight is 399 g/mol. The van der Waals surface area contributed by atoms with Gasteiger partial charge in [0.1, 0.15) is 23.0 Å². The molecule has 0 unspecified atom stereocenters. The van der Waals surface area contributed by atoms with Crippen molar-refractivity contribution in [3.05, 3.63) is 65.2 Å². The van der Waals surface area contributed by atoms with Gasteiger partial charge in [-0.2, -0.15) is 0 Å². The standard InChI is InChI=1S/C23H27F2N3O/c1-15(2)28-11-9-23(10-12-28)26-20(17-5-3-4-6-22(17)29)14-21(27-23)18-13-16(24)7-8-19(18)25/h3-8,13,15,21,27,29H,9-12,14H2,1-2H3/t21-/m1/s1. The molecule has 4 nitrogen and oxygen atoms in total. The number of hydrogen-bond acceptors (Lipinski definition) is 4. The number of rotatable bonds is 3. The largest absolute Gasteiger partial charge is 0.507 e. The van der Waals surface area contributed by atoms with Gasteiger partial charge >= 0.3 is 0 Å². The predicted octanol–water partition coefficient (Wildman–Crippen LogP) is 4.39. The Hall–Kier alpha value is -2.31. The van der Waals surface area contributed by atoms with E-state index in [4.69, 9.17) is 4.99 Å². The molecule has 0 amide bonds. The van der Waals surface area contributed by atoms with Crippen LogP contribution in [0.5, 0.6) is 5.75 Å². The molecule has 0 saturated carbocycles. The van der Waals surface area contributed by atoms with Crippen molar-refractivity contribution < 1.29 is 13.9 Å². The average Bonchev–Trinajstić information content (AvgIpc) is 2.70. The Kier molecular flexibility index (Phi) is 5.40. The number of para-hydroxylation sites is 1. The first-order valence-corrected chi connectivity index (χ1v) is 10.2. The van der Waals surface area contributed by atoms with Crippen molar-refractivity contribution >= 4 is 5.71 Å². The number of benzene rings is 2. The van der Waals surface area contributed by atoms with Crippen LogP contribution in [0.25, 0.3) is 0 Å². The van der Waals surface area contributed by atoms with Crippen molar-refractivity contribution in [3.8, 4) is 5.75 Å². The highest BCUT2D eigenvalue weighted by atomic mass is 19.1. The molecule has 2 aliphatic heterocycles. The van der Waals surface area contributed by atoms with Crippen molar-refractivity contribution in [2.24, 2.45) is 4.99 Å². The third kappa shape index (κ3) is 4.05. The van der Waals surface area contributed by atoms with E-state index in [1.165, 1.54) is 12.1 Å². The summed E-state index contributed by atoms with van der Waals surface area (Å²) in [6.45, 7) is 6.10. The summed E-state index contributed by atoms with van der Waals surface area (Å²) in [6.07, 6.45) is 1.93. The summed E-state index contributed by atoms with van der Waals surface area (Å²) in [4.78, 5) is 7.43. The van der Waals surface area contributed by atoms with E-state index in [1.807, 2.05) is 12.1 Å². The first-order valence-electron chi connectivity index (χ1n) is 10.2. The number of piperidine rings is 1. The molecule has 2 aliphatic rings. The molecule has 6 heteroatoms. The number of phenols is 1. The predicted molar refractivity (Wildman–Crippen MR) is 110 cm³/mol. The topological polar surface area (TPSA) is 47.9 Å². The van der Waals surface area contributed by atoms with Crippen LogP contribution in [0.15, 0.2) is 47.5 Å². The summed E-state index contributed by atoms with van der Waals surface area (Å²) in [5, 5.41) is 13.9. The van der Waals surface area contributed by atoms with Gasteiger partial charge < -0.3 is 10.0 Å². The van der Waals surface area contributed by atoms with Gasteiger partial charge in [0, 0.05) is 48.4 Å². The highest BCUT2D eigenvalue weighted by Crippen LogP contribution is 2.37. The molecule has 2 aromatic rings. The van der Waals surface area contributed by atoms with Gasteiger partial charge in [-0.05, 0) is 57.0 Å². The maximum absolute atomic E-state index is 14.6. The van der Waals surface area contributed by atoms with Crippen LogP contribution in [0, 0.1) is 11.6 Å². The highest BCUT2D eigenvalue weighted by Gasteiger charge is 2.41. The van der Waals surface area contributed by atoms with E-state index in [-0.39, 0.29) is 5.75 Å². The maximum Gasteiger partial charge on any atom is 0.128 e. The SMILES string of the molecule is CC(C)N1CCC2(CC1)N=C(c1ccccc1O)C[C@H](c1cc(F)ccc1F)N2. The Labute approximate surface area is 170 Å². The number of aromatic hydroxyl groups is 1.